The minimum absolute atomic E-state index is 0.0101. The van der Waals surface area contributed by atoms with Crippen LogP contribution in [0.2, 0.25) is 0 Å². The number of rotatable bonds is 6. The Labute approximate surface area is 140 Å². The molecule has 0 aromatic heterocycles. The zero-order valence-electron chi connectivity index (χ0n) is 14.7. The number of hydrogen-bond acceptors (Lipinski definition) is 2. The molecule has 4 nitrogen and oxygen atoms in total. The summed E-state index contributed by atoms with van der Waals surface area (Å²) in [5.74, 6) is -0.160. The van der Waals surface area contributed by atoms with Crippen LogP contribution in [0.1, 0.15) is 46.5 Å². The van der Waals surface area contributed by atoms with Crippen LogP contribution in [0.25, 0.3) is 0 Å². The van der Waals surface area contributed by atoms with E-state index in [9.17, 15) is 9.59 Å². The minimum Gasteiger partial charge on any atom is -0.350 e. The molecular weight excluding hydrogens is 288 g/mol. The van der Waals surface area contributed by atoms with Gasteiger partial charge in [0.05, 0.1) is 0 Å². The van der Waals surface area contributed by atoms with Crippen LogP contribution in [-0.4, -0.2) is 17.9 Å². The van der Waals surface area contributed by atoms with E-state index in [-0.39, 0.29) is 23.8 Å². The smallest absolute Gasteiger partial charge is 0.243 e. The number of carbonyl (C=O) groups is 2. The fraction of sp³-hybridized carbons (Fsp3) is 0.474. The SMILES string of the molecule is C=CC(=O)NC1CCC(C(=O)N/C(C=C)=C/C(=C)C)CC1.CC. The van der Waals surface area contributed by atoms with E-state index in [0.29, 0.717) is 5.70 Å². The molecule has 0 saturated heterocycles. The van der Waals surface area contributed by atoms with Crippen molar-refractivity contribution in [3.63, 3.8) is 0 Å². The summed E-state index contributed by atoms with van der Waals surface area (Å²) in [6, 6.07) is 0.143. The van der Waals surface area contributed by atoms with E-state index in [1.807, 2.05) is 20.8 Å². The summed E-state index contributed by atoms with van der Waals surface area (Å²) >= 11 is 0. The molecule has 0 heterocycles. The molecule has 1 rings (SSSR count). The Morgan fingerprint density at radius 1 is 1.04 bits per heavy atom. The lowest BCUT2D eigenvalue weighted by Crippen LogP contribution is -2.40. The molecule has 128 valence electrons. The molecule has 2 amide bonds. The lowest BCUT2D eigenvalue weighted by molar-refractivity contribution is -0.125. The Morgan fingerprint density at radius 2 is 1.61 bits per heavy atom. The van der Waals surface area contributed by atoms with Gasteiger partial charge in [-0.2, -0.15) is 0 Å². The van der Waals surface area contributed by atoms with Crippen molar-refractivity contribution in [2.24, 2.45) is 5.92 Å². The van der Waals surface area contributed by atoms with Crippen molar-refractivity contribution in [3.8, 4) is 0 Å². The first-order chi connectivity index (χ1) is 11.0. The lowest BCUT2D eigenvalue weighted by Gasteiger charge is -2.28. The molecule has 0 spiro atoms. The molecule has 0 aromatic rings. The van der Waals surface area contributed by atoms with Gasteiger partial charge in [-0.3, -0.25) is 9.59 Å². The van der Waals surface area contributed by atoms with Gasteiger partial charge in [0.1, 0.15) is 0 Å². The van der Waals surface area contributed by atoms with Crippen molar-refractivity contribution >= 4 is 11.8 Å². The highest BCUT2D eigenvalue weighted by Crippen LogP contribution is 2.24. The Bertz CT molecular complexity index is 470. The number of allylic oxidation sites excluding steroid dienone is 3. The molecule has 23 heavy (non-hydrogen) atoms. The van der Waals surface area contributed by atoms with Gasteiger partial charge in [0.25, 0.3) is 0 Å². The summed E-state index contributed by atoms with van der Waals surface area (Å²) in [4.78, 5) is 23.4. The minimum atomic E-state index is -0.152. The van der Waals surface area contributed by atoms with Crippen molar-refractivity contribution in [1.29, 1.82) is 0 Å². The molecule has 0 aromatic carbocycles. The molecule has 1 aliphatic rings. The van der Waals surface area contributed by atoms with Crippen LogP contribution in [0.15, 0.2) is 49.2 Å². The summed E-state index contributed by atoms with van der Waals surface area (Å²) in [6.45, 7) is 16.8. The maximum atomic E-state index is 12.2. The fourth-order valence-electron chi connectivity index (χ4n) is 2.42. The molecule has 1 aliphatic carbocycles. The molecule has 1 fully saturated rings. The Balaban J connectivity index is 0.00000232. The zero-order chi connectivity index (χ0) is 17.8. The topological polar surface area (TPSA) is 58.2 Å². The second kappa shape index (κ2) is 11.5. The highest BCUT2D eigenvalue weighted by molar-refractivity contribution is 5.87. The van der Waals surface area contributed by atoms with Crippen LogP contribution >= 0.6 is 0 Å². The van der Waals surface area contributed by atoms with Gasteiger partial charge in [-0.25, -0.2) is 0 Å². The summed E-state index contributed by atoms with van der Waals surface area (Å²) in [5, 5.41) is 5.75. The molecule has 0 aliphatic heterocycles. The summed E-state index contributed by atoms with van der Waals surface area (Å²) in [7, 11) is 0. The molecule has 0 atom stereocenters. The largest absolute Gasteiger partial charge is 0.350 e. The summed E-state index contributed by atoms with van der Waals surface area (Å²) < 4.78 is 0. The van der Waals surface area contributed by atoms with Crippen molar-refractivity contribution in [2.75, 3.05) is 0 Å². The van der Waals surface area contributed by atoms with Crippen LogP contribution in [0.4, 0.5) is 0 Å². The van der Waals surface area contributed by atoms with Gasteiger partial charge in [0, 0.05) is 17.7 Å². The lowest BCUT2D eigenvalue weighted by atomic mass is 9.85. The van der Waals surface area contributed by atoms with Gasteiger partial charge >= 0.3 is 0 Å². The van der Waals surface area contributed by atoms with E-state index >= 15 is 0 Å². The van der Waals surface area contributed by atoms with Crippen LogP contribution in [-0.2, 0) is 9.59 Å². The monoisotopic (exact) mass is 318 g/mol. The van der Waals surface area contributed by atoms with Gasteiger partial charge in [0.15, 0.2) is 0 Å². The van der Waals surface area contributed by atoms with Crippen molar-refractivity contribution in [2.45, 2.75) is 52.5 Å². The maximum Gasteiger partial charge on any atom is 0.243 e. The zero-order valence-corrected chi connectivity index (χ0v) is 14.7. The normalized spacial score (nSPS) is 20.4. The third-order valence-corrected chi connectivity index (χ3v) is 3.52. The van der Waals surface area contributed by atoms with E-state index in [2.05, 4.69) is 30.4 Å². The fourth-order valence-corrected chi connectivity index (χ4v) is 2.42. The van der Waals surface area contributed by atoms with E-state index in [1.165, 1.54) is 6.08 Å². The van der Waals surface area contributed by atoms with Gasteiger partial charge in [-0.05, 0) is 50.8 Å². The van der Waals surface area contributed by atoms with E-state index in [0.717, 1.165) is 31.3 Å². The molecule has 1 saturated carbocycles. The third kappa shape index (κ3) is 8.19. The Kier molecular flexibility index (Phi) is 10.4. The highest BCUT2D eigenvalue weighted by Gasteiger charge is 2.26. The van der Waals surface area contributed by atoms with Crippen LogP contribution in [0, 0.1) is 5.92 Å². The van der Waals surface area contributed by atoms with Crippen LogP contribution < -0.4 is 10.6 Å². The van der Waals surface area contributed by atoms with Crippen LogP contribution in [0.5, 0.6) is 0 Å². The van der Waals surface area contributed by atoms with E-state index in [4.69, 9.17) is 0 Å². The van der Waals surface area contributed by atoms with E-state index < -0.39 is 0 Å². The van der Waals surface area contributed by atoms with E-state index in [1.54, 1.807) is 12.2 Å². The van der Waals surface area contributed by atoms with Gasteiger partial charge in [-0.1, -0.05) is 39.2 Å². The summed E-state index contributed by atoms with van der Waals surface area (Å²) in [6.07, 6.45) is 7.84. The number of nitrogens with one attached hydrogen (secondary N) is 2. The second-order valence-corrected chi connectivity index (χ2v) is 5.40. The number of amides is 2. The first-order valence-corrected chi connectivity index (χ1v) is 8.19. The Hall–Kier alpha value is -2.10. The molecule has 2 N–H and O–H groups in total. The second-order valence-electron chi connectivity index (χ2n) is 5.40. The highest BCUT2D eigenvalue weighted by atomic mass is 16.2. The third-order valence-electron chi connectivity index (χ3n) is 3.52. The van der Waals surface area contributed by atoms with Gasteiger partial charge < -0.3 is 10.6 Å². The molecule has 0 radical (unpaired) electrons. The summed E-state index contributed by atoms with van der Waals surface area (Å²) in [5.41, 5.74) is 1.54. The molecular formula is C19H30N2O2. The molecule has 0 bridgehead atoms. The molecule has 0 unspecified atom stereocenters. The predicted molar refractivity (Wildman–Crippen MR) is 96.7 cm³/mol. The Morgan fingerprint density at radius 3 is 2.04 bits per heavy atom. The van der Waals surface area contributed by atoms with Crippen molar-refractivity contribution < 1.29 is 9.59 Å². The first kappa shape index (κ1) is 20.9. The van der Waals surface area contributed by atoms with Crippen molar-refractivity contribution in [1.82, 2.24) is 10.6 Å². The van der Waals surface area contributed by atoms with Gasteiger partial charge in [0.2, 0.25) is 11.8 Å². The van der Waals surface area contributed by atoms with Crippen LogP contribution in [0.3, 0.4) is 0 Å². The average Bonchev–Trinajstić information content (AvgIpc) is 2.56. The predicted octanol–water partition coefficient (Wildman–Crippen LogP) is 3.64. The van der Waals surface area contributed by atoms with Gasteiger partial charge in [-0.15, -0.1) is 0 Å². The standard InChI is InChI=1S/C17H24N2O2.C2H6/c1-5-14(11-12(3)4)19-17(21)13-7-9-15(10-8-13)18-16(20)6-2;1-2/h5-6,11,13,15H,1-3,7-10H2,4H3,(H,18,20)(H,19,21);1-2H3/b14-11+;. The quantitative estimate of drug-likeness (QED) is 0.580. The first-order valence-electron chi connectivity index (χ1n) is 8.19. The molecule has 4 heteroatoms. The number of hydrogen-bond donors (Lipinski definition) is 2. The average molecular weight is 318 g/mol. The maximum absolute atomic E-state index is 12.2. The number of carbonyl (C=O) groups excluding carboxylic acids is 2. The van der Waals surface area contributed by atoms with Crippen molar-refractivity contribution in [3.05, 3.63) is 49.2 Å².